The van der Waals surface area contributed by atoms with E-state index in [2.05, 4.69) is 26.0 Å². The Hall–Kier alpha value is -0.760. The van der Waals surface area contributed by atoms with Crippen LogP contribution in [0.3, 0.4) is 0 Å². The van der Waals surface area contributed by atoms with Crippen LogP contribution in [0.5, 0.6) is 0 Å². The molecular weight excluding hydrogens is 721 g/mol. The van der Waals surface area contributed by atoms with Crippen molar-refractivity contribution in [1.29, 1.82) is 0 Å². The van der Waals surface area contributed by atoms with Gasteiger partial charge in [0.2, 0.25) is 0 Å². The van der Waals surface area contributed by atoms with Crippen molar-refractivity contribution in [1.82, 2.24) is 0 Å². The van der Waals surface area contributed by atoms with Gasteiger partial charge in [0.1, 0.15) is 19.3 Å². The second kappa shape index (κ2) is 41.0. The number of hydrogen-bond acceptors (Lipinski definition) is 7. The molecule has 0 fully saturated rings. The number of likely N-dealkylation sites (N-methyl/N-ethyl adjacent to an activating group) is 1. The molecule has 0 aromatic carbocycles. The van der Waals surface area contributed by atoms with Gasteiger partial charge in [-0.05, 0) is 38.5 Å². The molecule has 0 saturated carbocycles. The van der Waals surface area contributed by atoms with E-state index >= 15 is 0 Å². The molecule has 334 valence electrons. The second-order valence-electron chi connectivity index (χ2n) is 17.5. The number of unbranched alkanes of at least 4 members (excludes halogenated alkanes) is 29. The lowest BCUT2D eigenvalue weighted by molar-refractivity contribution is -0.870. The van der Waals surface area contributed by atoms with E-state index in [0.29, 0.717) is 24.1 Å². The highest BCUT2D eigenvalue weighted by atomic mass is 31.2. The molecule has 0 heterocycles. The molecule has 0 spiro atoms. The fourth-order valence-electron chi connectivity index (χ4n) is 6.84. The van der Waals surface area contributed by atoms with Crippen molar-refractivity contribution in [2.45, 2.75) is 232 Å². The van der Waals surface area contributed by atoms with E-state index in [4.69, 9.17) is 18.5 Å². The molecule has 0 bridgehead atoms. The number of carbonyl (C=O) groups is 1. The van der Waals surface area contributed by atoms with Gasteiger partial charge in [0.25, 0.3) is 7.82 Å². The van der Waals surface area contributed by atoms with Crippen LogP contribution in [0.1, 0.15) is 226 Å². The molecule has 2 unspecified atom stereocenters. The van der Waals surface area contributed by atoms with Gasteiger partial charge in [0, 0.05) is 13.0 Å². The molecule has 0 N–H and O–H groups in total. The molecule has 0 aliphatic rings. The molecule has 56 heavy (non-hydrogen) atoms. The standard InChI is InChI=1S/C47H94NO7P/c1-6-8-10-12-14-16-18-20-22-24-25-26-28-30-32-34-36-38-40-47(49)55-46(45-54-56(50,51)53-43-41-48(3,4)5)44-52-42-39-37-35-33-31-29-27-23-21-19-17-15-13-11-9-7-2/h21,23,46H,6-20,22,24-45H2,1-5H3/b23-21-. The van der Waals surface area contributed by atoms with E-state index in [9.17, 15) is 14.3 Å². The summed E-state index contributed by atoms with van der Waals surface area (Å²) in [4.78, 5) is 25.1. The van der Waals surface area contributed by atoms with Gasteiger partial charge in [-0.15, -0.1) is 0 Å². The molecular formula is C47H94NO7P. The Morgan fingerprint density at radius 3 is 1.36 bits per heavy atom. The maximum atomic E-state index is 12.7. The second-order valence-corrected chi connectivity index (χ2v) is 18.9. The Morgan fingerprint density at radius 2 is 0.929 bits per heavy atom. The Balaban J connectivity index is 4.16. The van der Waals surface area contributed by atoms with Crippen molar-refractivity contribution in [3.8, 4) is 0 Å². The van der Waals surface area contributed by atoms with Crippen LogP contribution in [-0.2, 0) is 27.9 Å². The van der Waals surface area contributed by atoms with Crippen LogP contribution in [0.25, 0.3) is 0 Å². The predicted molar refractivity (Wildman–Crippen MR) is 236 cm³/mol. The largest absolute Gasteiger partial charge is 0.756 e. The van der Waals surface area contributed by atoms with Crippen molar-refractivity contribution < 1.29 is 37.3 Å². The van der Waals surface area contributed by atoms with Crippen LogP contribution in [0.15, 0.2) is 12.2 Å². The smallest absolute Gasteiger partial charge is 0.306 e. The highest BCUT2D eigenvalue weighted by Crippen LogP contribution is 2.38. The first-order valence-corrected chi connectivity index (χ1v) is 25.4. The number of rotatable bonds is 45. The number of quaternary nitrogens is 1. The maximum Gasteiger partial charge on any atom is 0.306 e. The summed E-state index contributed by atoms with van der Waals surface area (Å²) in [6.45, 7) is 5.44. The van der Waals surface area contributed by atoms with Crippen LogP contribution in [-0.4, -0.2) is 70.7 Å². The molecule has 2 atom stereocenters. The van der Waals surface area contributed by atoms with Gasteiger partial charge in [-0.3, -0.25) is 9.36 Å². The summed E-state index contributed by atoms with van der Waals surface area (Å²) in [6, 6.07) is 0. The number of phosphoric ester groups is 1. The third kappa shape index (κ3) is 44.3. The first kappa shape index (κ1) is 55.2. The summed E-state index contributed by atoms with van der Waals surface area (Å²) in [5.41, 5.74) is 0. The molecule has 0 aromatic heterocycles. The summed E-state index contributed by atoms with van der Waals surface area (Å²) in [6.07, 6.45) is 45.1. The summed E-state index contributed by atoms with van der Waals surface area (Å²) in [5, 5.41) is 0. The first-order valence-electron chi connectivity index (χ1n) is 23.9. The van der Waals surface area contributed by atoms with Gasteiger partial charge < -0.3 is 27.9 Å². The number of hydrogen-bond donors (Lipinski definition) is 0. The van der Waals surface area contributed by atoms with E-state index in [1.54, 1.807) is 0 Å². The molecule has 0 radical (unpaired) electrons. The molecule has 0 aliphatic heterocycles. The number of ether oxygens (including phenoxy) is 2. The van der Waals surface area contributed by atoms with E-state index in [-0.39, 0.29) is 25.8 Å². The number of nitrogens with zero attached hydrogens (tertiary/aromatic N) is 1. The minimum atomic E-state index is -4.52. The van der Waals surface area contributed by atoms with E-state index in [1.807, 2.05) is 21.1 Å². The molecule has 8 nitrogen and oxygen atoms in total. The Bertz CT molecular complexity index is 909. The fourth-order valence-corrected chi connectivity index (χ4v) is 7.57. The quantitative estimate of drug-likeness (QED) is 0.0199. The number of carbonyl (C=O) groups excluding carboxylic acids is 1. The van der Waals surface area contributed by atoms with Crippen LogP contribution in [0.4, 0.5) is 0 Å². The lowest BCUT2D eigenvalue weighted by Crippen LogP contribution is -2.37. The maximum absolute atomic E-state index is 12.7. The lowest BCUT2D eigenvalue weighted by Gasteiger charge is -2.28. The fraction of sp³-hybridized carbons (Fsp3) is 0.936. The first-order chi connectivity index (χ1) is 27.1. The highest BCUT2D eigenvalue weighted by Gasteiger charge is 2.20. The predicted octanol–water partition coefficient (Wildman–Crippen LogP) is 13.6. The van der Waals surface area contributed by atoms with Crippen molar-refractivity contribution in [2.24, 2.45) is 0 Å². The Kier molecular flexibility index (Phi) is 40.4. The monoisotopic (exact) mass is 816 g/mol. The average Bonchev–Trinajstić information content (AvgIpc) is 3.15. The van der Waals surface area contributed by atoms with E-state index in [0.717, 1.165) is 32.1 Å². The van der Waals surface area contributed by atoms with Crippen LogP contribution < -0.4 is 4.89 Å². The normalized spacial score (nSPS) is 13.8. The van der Waals surface area contributed by atoms with Gasteiger partial charge in [-0.2, -0.15) is 0 Å². The van der Waals surface area contributed by atoms with Gasteiger partial charge in [0.15, 0.2) is 0 Å². The summed E-state index contributed by atoms with van der Waals surface area (Å²) in [7, 11) is 1.37. The summed E-state index contributed by atoms with van der Waals surface area (Å²) < 4.78 is 34.7. The van der Waals surface area contributed by atoms with Crippen molar-refractivity contribution in [2.75, 3.05) is 54.1 Å². The van der Waals surface area contributed by atoms with E-state index in [1.165, 1.54) is 173 Å². The SMILES string of the molecule is CCCCCCCC/C=C\CCCCCCCCOCC(COP(=O)([O-])OCC[N+](C)(C)C)OC(=O)CCCCCCCCCCCCCCCCCCCC. The minimum Gasteiger partial charge on any atom is -0.756 e. The molecule has 0 aliphatic carbocycles. The van der Waals surface area contributed by atoms with Gasteiger partial charge in [0.05, 0.1) is 34.4 Å². The number of phosphoric acid groups is 1. The van der Waals surface area contributed by atoms with Gasteiger partial charge in [-0.25, -0.2) is 0 Å². The van der Waals surface area contributed by atoms with E-state index < -0.39 is 13.9 Å². The minimum absolute atomic E-state index is 0.0283. The van der Waals surface area contributed by atoms with Crippen molar-refractivity contribution in [3.63, 3.8) is 0 Å². The third-order valence-corrected chi connectivity index (χ3v) is 11.5. The zero-order chi connectivity index (χ0) is 41.3. The molecule has 0 saturated heterocycles. The topological polar surface area (TPSA) is 94.1 Å². The Labute approximate surface area is 348 Å². The third-order valence-electron chi connectivity index (χ3n) is 10.6. The number of esters is 1. The van der Waals surface area contributed by atoms with Crippen molar-refractivity contribution >= 4 is 13.8 Å². The molecule has 0 rings (SSSR count). The average molecular weight is 816 g/mol. The van der Waals surface area contributed by atoms with Gasteiger partial charge in [-0.1, -0.05) is 193 Å². The summed E-state index contributed by atoms with van der Waals surface area (Å²) in [5.74, 6) is -0.331. The van der Waals surface area contributed by atoms with Crippen LogP contribution >= 0.6 is 7.82 Å². The lowest BCUT2D eigenvalue weighted by atomic mass is 10.0. The van der Waals surface area contributed by atoms with Crippen molar-refractivity contribution in [3.05, 3.63) is 12.2 Å². The van der Waals surface area contributed by atoms with Crippen LogP contribution in [0.2, 0.25) is 0 Å². The zero-order valence-corrected chi connectivity index (χ0v) is 38.7. The number of allylic oxidation sites excluding steroid dienone is 2. The zero-order valence-electron chi connectivity index (χ0n) is 37.9. The van der Waals surface area contributed by atoms with Gasteiger partial charge >= 0.3 is 5.97 Å². The molecule has 0 amide bonds. The summed E-state index contributed by atoms with van der Waals surface area (Å²) >= 11 is 0. The molecule has 0 aromatic rings. The van der Waals surface area contributed by atoms with Crippen LogP contribution in [0, 0.1) is 0 Å². The highest BCUT2D eigenvalue weighted by molar-refractivity contribution is 7.45. The molecule has 9 heteroatoms. The Morgan fingerprint density at radius 1 is 0.536 bits per heavy atom.